The van der Waals surface area contributed by atoms with Crippen molar-refractivity contribution in [1.82, 2.24) is 14.4 Å². The van der Waals surface area contributed by atoms with Crippen LogP contribution in [0, 0.1) is 0 Å². The summed E-state index contributed by atoms with van der Waals surface area (Å²) < 4.78 is 7.60. The van der Waals surface area contributed by atoms with Crippen LogP contribution in [-0.2, 0) is 0 Å². The van der Waals surface area contributed by atoms with Gasteiger partial charge in [0.25, 0.3) is 0 Å². The predicted molar refractivity (Wildman–Crippen MR) is 101 cm³/mol. The Labute approximate surface area is 155 Å². The van der Waals surface area contributed by atoms with E-state index in [1.54, 1.807) is 37.2 Å². The second kappa shape index (κ2) is 6.47. The van der Waals surface area contributed by atoms with Crippen LogP contribution in [0.2, 0.25) is 10.3 Å². The highest BCUT2D eigenvalue weighted by Crippen LogP contribution is 2.39. The van der Waals surface area contributed by atoms with Crippen molar-refractivity contribution in [3.63, 3.8) is 0 Å². The Morgan fingerprint density at radius 2 is 1.79 bits per heavy atom. The number of thioether (sulfide) groups is 1. The third kappa shape index (κ3) is 3.63. The minimum atomic E-state index is 0.0605. The Morgan fingerprint density at radius 1 is 1.12 bits per heavy atom. The van der Waals surface area contributed by atoms with Gasteiger partial charge in [-0.05, 0) is 12.1 Å². The lowest BCUT2D eigenvalue weighted by molar-refractivity contribution is 0.404. The Morgan fingerprint density at radius 3 is 2.38 bits per heavy atom. The summed E-state index contributed by atoms with van der Waals surface area (Å²) in [4.78, 5) is 9.51. The maximum Gasteiger partial charge on any atom is 0.140 e. The van der Waals surface area contributed by atoms with E-state index in [-0.39, 0.29) is 4.75 Å². The van der Waals surface area contributed by atoms with Crippen LogP contribution in [-0.4, -0.2) is 26.2 Å². The summed E-state index contributed by atoms with van der Waals surface area (Å²) in [7, 11) is 1.67. The van der Waals surface area contributed by atoms with E-state index in [1.165, 1.54) is 0 Å². The van der Waals surface area contributed by atoms with Gasteiger partial charge in [-0.2, -0.15) is 0 Å². The van der Waals surface area contributed by atoms with Crippen LogP contribution in [0.4, 0.5) is 0 Å². The average molecular weight is 382 g/mol. The highest BCUT2D eigenvalue weighted by atomic mass is 35.5. The van der Waals surface area contributed by atoms with Crippen LogP contribution in [0.5, 0.6) is 5.75 Å². The van der Waals surface area contributed by atoms with E-state index in [4.69, 9.17) is 27.9 Å². The maximum absolute atomic E-state index is 6.03. The molecule has 0 unspecified atom stereocenters. The summed E-state index contributed by atoms with van der Waals surface area (Å²) in [6.07, 6.45) is 3.83. The topological polar surface area (TPSA) is 39.4 Å². The predicted octanol–water partition coefficient (Wildman–Crippen LogP) is 5.60. The normalized spacial score (nSPS) is 11.9. The number of fused-ring (bicyclic) bond motifs is 1. The molecule has 0 saturated heterocycles. The van der Waals surface area contributed by atoms with Crippen LogP contribution in [0.3, 0.4) is 0 Å². The molecule has 0 aromatic carbocycles. The van der Waals surface area contributed by atoms with Gasteiger partial charge in [0.15, 0.2) is 0 Å². The number of hydrogen-bond donors (Lipinski definition) is 0. The van der Waals surface area contributed by atoms with Crippen LogP contribution >= 0.6 is 35.0 Å². The van der Waals surface area contributed by atoms with Crippen LogP contribution in [0.1, 0.15) is 20.8 Å². The Hall–Kier alpha value is -1.43. The fourth-order valence-electron chi connectivity index (χ4n) is 2.38. The summed E-state index contributed by atoms with van der Waals surface area (Å²) in [5.41, 5.74) is 2.56. The number of aromatic nitrogens is 3. The van der Waals surface area contributed by atoms with E-state index < -0.39 is 0 Å². The van der Waals surface area contributed by atoms with E-state index in [0.717, 1.165) is 27.5 Å². The number of imidazole rings is 1. The molecule has 0 bridgehead atoms. The first-order chi connectivity index (χ1) is 11.3. The SMILES string of the molecule is COc1cc2ncc(-c3cc(Cl)nc(Cl)c3)n2cc1SC(C)(C)C. The van der Waals surface area contributed by atoms with Gasteiger partial charge in [0, 0.05) is 22.6 Å². The molecule has 3 heterocycles. The molecule has 3 aromatic rings. The quantitative estimate of drug-likeness (QED) is 0.437. The van der Waals surface area contributed by atoms with Crippen LogP contribution < -0.4 is 4.74 Å². The van der Waals surface area contributed by atoms with Gasteiger partial charge >= 0.3 is 0 Å². The molecule has 0 fully saturated rings. The molecule has 126 valence electrons. The van der Waals surface area contributed by atoms with Gasteiger partial charge < -0.3 is 4.74 Å². The number of pyridine rings is 2. The van der Waals surface area contributed by atoms with Gasteiger partial charge in [-0.25, -0.2) is 9.97 Å². The highest BCUT2D eigenvalue weighted by molar-refractivity contribution is 8.00. The maximum atomic E-state index is 6.03. The van der Waals surface area contributed by atoms with Gasteiger partial charge in [0.1, 0.15) is 21.7 Å². The largest absolute Gasteiger partial charge is 0.495 e. The first-order valence-electron chi connectivity index (χ1n) is 7.34. The van der Waals surface area contributed by atoms with Gasteiger partial charge in [0.2, 0.25) is 0 Å². The molecule has 0 amide bonds. The molecule has 3 aromatic heterocycles. The van der Waals surface area contributed by atoms with E-state index in [2.05, 4.69) is 30.7 Å². The summed E-state index contributed by atoms with van der Waals surface area (Å²) >= 11 is 13.8. The number of rotatable bonds is 3. The molecular formula is C17H17Cl2N3OS. The number of methoxy groups -OCH3 is 1. The zero-order valence-electron chi connectivity index (χ0n) is 13.8. The zero-order valence-corrected chi connectivity index (χ0v) is 16.1. The van der Waals surface area contributed by atoms with Crippen molar-refractivity contribution in [2.75, 3.05) is 7.11 Å². The number of hydrogen-bond acceptors (Lipinski definition) is 4. The van der Waals surface area contributed by atoms with Gasteiger partial charge in [-0.15, -0.1) is 11.8 Å². The van der Waals surface area contributed by atoms with Crippen LogP contribution in [0.25, 0.3) is 16.9 Å². The van der Waals surface area contributed by atoms with E-state index >= 15 is 0 Å². The fraction of sp³-hybridized carbons (Fsp3) is 0.294. The molecule has 0 N–H and O–H groups in total. The highest BCUT2D eigenvalue weighted by Gasteiger charge is 2.18. The summed E-state index contributed by atoms with van der Waals surface area (Å²) in [5, 5.41) is 0.704. The summed E-state index contributed by atoms with van der Waals surface area (Å²) in [5.74, 6) is 0.811. The van der Waals surface area contributed by atoms with Gasteiger partial charge in [0.05, 0.1) is 23.9 Å². The molecule has 0 radical (unpaired) electrons. The monoisotopic (exact) mass is 381 g/mol. The second-order valence-corrected chi connectivity index (χ2v) is 8.94. The number of nitrogens with zero attached hydrogens (tertiary/aromatic N) is 3. The van der Waals surface area contributed by atoms with Crippen LogP contribution in [0.15, 0.2) is 35.5 Å². The molecule has 0 aliphatic rings. The Kier molecular flexibility index (Phi) is 4.69. The molecule has 0 spiro atoms. The van der Waals surface area contributed by atoms with Crippen molar-refractivity contribution in [3.05, 3.63) is 40.9 Å². The van der Waals surface area contributed by atoms with Gasteiger partial charge in [-0.3, -0.25) is 4.40 Å². The minimum absolute atomic E-state index is 0.0605. The van der Waals surface area contributed by atoms with E-state index in [9.17, 15) is 0 Å². The zero-order chi connectivity index (χ0) is 17.5. The molecule has 0 aliphatic heterocycles. The first-order valence-corrected chi connectivity index (χ1v) is 8.91. The molecule has 0 aliphatic carbocycles. The average Bonchev–Trinajstić information content (AvgIpc) is 2.86. The summed E-state index contributed by atoms with van der Waals surface area (Å²) in [6.45, 7) is 6.50. The van der Waals surface area contributed by atoms with Crippen molar-refractivity contribution in [2.45, 2.75) is 30.4 Å². The van der Waals surface area contributed by atoms with E-state index in [0.29, 0.717) is 10.3 Å². The van der Waals surface area contributed by atoms with Crippen molar-refractivity contribution in [3.8, 4) is 17.0 Å². The molecular weight excluding hydrogens is 365 g/mol. The third-order valence-electron chi connectivity index (χ3n) is 3.27. The molecule has 3 rings (SSSR count). The molecule has 0 saturated carbocycles. The first kappa shape index (κ1) is 17.4. The van der Waals surface area contributed by atoms with E-state index in [1.807, 2.05) is 16.7 Å². The second-order valence-electron chi connectivity index (χ2n) is 6.29. The van der Waals surface area contributed by atoms with Crippen molar-refractivity contribution < 1.29 is 4.74 Å². The minimum Gasteiger partial charge on any atom is -0.495 e. The Balaban J connectivity index is 2.19. The standard InChI is InChI=1S/C17H17Cl2N3OS/c1-17(2,3)24-13-9-22-11(8-20-16(22)7-12(13)23-4)10-5-14(18)21-15(19)6-10/h5-9H,1-4H3. The number of halogens is 2. The Bertz CT molecular complexity index is 882. The lowest BCUT2D eigenvalue weighted by atomic mass is 10.2. The van der Waals surface area contributed by atoms with Crippen molar-refractivity contribution >= 4 is 40.6 Å². The molecule has 7 heteroatoms. The molecule has 4 nitrogen and oxygen atoms in total. The lowest BCUT2D eigenvalue weighted by Gasteiger charge is -2.19. The number of ether oxygens (including phenoxy) is 1. The summed E-state index contributed by atoms with van der Waals surface area (Å²) in [6, 6.07) is 5.48. The molecule has 24 heavy (non-hydrogen) atoms. The van der Waals surface area contributed by atoms with Crippen molar-refractivity contribution in [2.24, 2.45) is 0 Å². The molecule has 0 atom stereocenters. The fourth-order valence-corrected chi connectivity index (χ4v) is 3.90. The van der Waals surface area contributed by atoms with Crippen molar-refractivity contribution in [1.29, 1.82) is 0 Å². The lowest BCUT2D eigenvalue weighted by Crippen LogP contribution is -2.07. The third-order valence-corrected chi connectivity index (χ3v) is 4.80. The van der Waals surface area contributed by atoms with Gasteiger partial charge in [-0.1, -0.05) is 44.0 Å². The smallest absolute Gasteiger partial charge is 0.140 e.